The van der Waals surface area contributed by atoms with Crippen molar-refractivity contribution in [2.75, 3.05) is 6.54 Å². The summed E-state index contributed by atoms with van der Waals surface area (Å²) in [7, 11) is 0. The molecule has 0 saturated heterocycles. The third-order valence-electron chi connectivity index (χ3n) is 4.20. The normalized spacial score (nSPS) is 13.3. The van der Waals surface area contributed by atoms with E-state index >= 15 is 0 Å². The van der Waals surface area contributed by atoms with Crippen LogP contribution >= 0.6 is 11.6 Å². The molecule has 0 aliphatic heterocycles. The van der Waals surface area contributed by atoms with Gasteiger partial charge in [-0.25, -0.2) is 0 Å². The maximum absolute atomic E-state index is 12.1. The highest BCUT2D eigenvalue weighted by atomic mass is 35.5. The van der Waals surface area contributed by atoms with Crippen molar-refractivity contribution in [3.8, 4) is 0 Å². The Kier molecular flexibility index (Phi) is 6.83. The van der Waals surface area contributed by atoms with Gasteiger partial charge in [0.1, 0.15) is 0 Å². The molecule has 0 aromatic heterocycles. The van der Waals surface area contributed by atoms with Crippen LogP contribution in [0.2, 0.25) is 5.02 Å². The molecule has 0 heterocycles. The highest BCUT2D eigenvalue weighted by Crippen LogP contribution is 2.16. The van der Waals surface area contributed by atoms with Crippen LogP contribution in [0.1, 0.15) is 49.5 Å². The number of amides is 1. The van der Waals surface area contributed by atoms with Gasteiger partial charge in [-0.15, -0.1) is 0 Å². The van der Waals surface area contributed by atoms with E-state index in [1.165, 1.54) is 5.56 Å². The lowest BCUT2D eigenvalue weighted by Gasteiger charge is -2.17. The molecule has 0 aliphatic carbocycles. The molecule has 0 fully saturated rings. The van der Waals surface area contributed by atoms with Gasteiger partial charge in [-0.2, -0.15) is 0 Å². The predicted octanol–water partition coefficient (Wildman–Crippen LogP) is 4.43. The molecule has 0 aliphatic rings. The molecule has 2 aromatic carbocycles. The van der Waals surface area contributed by atoms with Gasteiger partial charge in [0.15, 0.2) is 0 Å². The Balaban J connectivity index is 1.82. The summed E-state index contributed by atoms with van der Waals surface area (Å²) in [6.07, 6.45) is 1.02. The molecule has 4 heteroatoms. The van der Waals surface area contributed by atoms with Crippen molar-refractivity contribution in [2.45, 2.75) is 39.3 Å². The topological polar surface area (TPSA) is 41.1 Å². The van der Waals surface area contributed by atoms with Crippen LogP contribution in [0.5, 0.6) is 0 Å². The van der Waals surface area contributed by atoms with E-state index in [4.69, 9.17) is 11.6 Å². The standard InChI is InChI=1S/C20H25ClN2O/c1-4-16-5-7-18(8-6-16)15(3)23-20(24)13-22-14(2)17-9-11-19(21)12-10-17/h5-12,14-15,22H,4,13H2,1-3H3,(H,23,24)/t14-,15-/m0/s1. The maximum Gasteiger partial charge on any atom is 0.234 e. The molecule has 2 aromatic rings. The number of carbonyl (C=O) groups is 1. The summed E-state index contributed by atoms with van der Waals surface area (Å²) >= 11 is 5.89. The number of hydrogen-bond acceptors (Lipinski definition) is 2. The molecule has 2 N–H and O–H groups in total. The van der Waals surface area contributed by atoms with E-state index in [1.54, 1.807) is 0 Å². The monoisotopic (exact) mass is 344 g/mol. The molecule has 2 rings (SSSR count). The van der Waals surface area contributed by atoms with E-state index in [0.29, 0.717) is 5.02 Å². The van der Waals surface area contributed by atoms with E-state index in [0.717, 1.165) is 17.5 Å². The van der Waals surface area contributed by atoms with Crippen molar-refractivity contribution in [3.05, 3.63) is 70.2 Å². The fraction of sp³-hybridized carbons (Fsp3) is 0.350. The zero-order valence-corrected chi connectivity index (χ0v) is 15.2. The summed E-state index contributed by atoms with van der Waals surface area (Å²) in [6.45, 7) is 6.44. The summed E-state index contributed by atoms with van der Waals surface area (Å²) in [5.74, 6) is -0.0112. The second kappa shape index (κ2) is 8.86. The molecule has 0 saturated carbocycles. The van der Waals surface area contributed by atoms with Crippen LogP contribution < -0.4 is 10.6 Å². The Morgan fingerprint density at radius 2 is 1.50 bits per heavy atom. The first-order chi connectivity index (χ1) is 11.5. The lowest BCUT2D eigenvalue weighted by Crippen LogP contribution is -2.36. The van der Waals surface area contributed by atoms with Gasteiger partial charge >= 0.3 is 0 Å². The number of halogens is 1. The first-order valence-electron chi connectivity index (χ1n) is 8.36. The Morgan fingerprint density at radius 3 is 2.08 bits per heavy atom. The number of nitrogens with one attached hydrogen (secondary N) is 2. The Labute approximate surface area is 149 Å². The highest BCUT2D eigenvalue weighted by Gasteiger charge is 2.11. The molecule has 3 nitrogen and oxygen atoms in total. The van der Waals surface area contributed by atoms with Gasteiger partial charge in [-0.3, -0.25) is 4.79 Å². The third-order valence-corrected chi connectivity index (χ3v) is 4.46. The van der Waals surface area contributed by atoms with E-state index in [-0.39, 0.29) is 24.5 Å². The Bertz CT molecular complexity index is 652. The second-order valence-corrected chi connectivity index (χ2v) is 6.47. The smallest absolute Gasteiger partial charge is 0.234 e. The van der Waals surface area contributed by atoms with Crippen molar-refractivity contribution < 1.29 is 4.79 Å². The number of rotatable bonds is 7. The molecular formula is C20H25ClN2O. The summed E-state index contributed by atoms with van der Waals surface area (Å²) in [4.78, 5) is 12.1. The van der Waals surface area contributed by atoms with E-state index in [9.17, 15) is 4.79 Å². The molecular weight excluding hydrogens is 320 g/mol. The SMILES string of the molecule is CCc1ccc([C@H](C)NC(=O)CN[C@@H](C)c2ccc(Cl)cc2)cc1. The molecule has 1 amide bonds. The predicted molar refractivity (Wildman–Crippen MR) is 100 cm³/mol. The van der Waals surface area contributed by atoms with Gasteiger partial charge in [0.25, 0.3) is 0 Å². The van der Waals surface area contributed by atoms with E-state index in [2.05, 4.69) is 41.8 Å². The van der Waals surface area contributed by atoms with Gasteiger partial charge in [0.05, 0.1) is 12.6 Å². The van der Waals surface area contributed by atoms with Crippen molar-refractivity contribution in [1.29, 1.82) is 0 Å². The van der Waals surface area contributed by atoms with E-state index in [1.807, 2.05) is 38.1 Å². The minimum absolute atomic E-state index is 0.00366. The van der Waals surface area contributed by atoms with Crippen LogP contribution in [-0.4, -0.2) is 12.5 Å². The van der Waals surface area contributed by atoms with Gasteiger partial charge in [0, 0.05) is 11.1 Å². The molecule has 2 atom stereocenters. The quantitative estimate of drug-likeness (QED) is 0.780. The molecule has 24 heavy (non-hydrogen) atoms. The minimum Gasteiger partial charge on any atom is -0.348 e. The lowest BCUT2D eigenvalue weighted by molar-refractivity contribution is -0.121. The summed E-state index contributed by atoms with van der Waals surface area (Å²) < 4.78 is 0. The van der Waals surface area contributed by atoms with Gasteiger partial charge in [-0.1, -0.05) is 54.9 Å². The molecule has 0 radical (unpaired) electrons. The van der Waals surface area contributed by atoms with Gasteiger partial charge in [0.2, 0.25) is 5.91 Å². The molecule has 0 bridgehead atoms. The van der Waals surface area contributed by atoms with E-state index < -0.39 is 0 Å². The molecule has 0 spiro atoms. The zero-order chi connectivity index (χ0) is 17.5. The van der Waals surface area contributed by atoms with Crippen molar-refractivity contribution in [3.63, 3.8) is 0 Å². The van der Waals surface area contributed by atoms with Crippen LogP contribution in [-0.2, 0) is 11.2 Å². The molecule has 128 valence electrons. The Hall–Kier alpha value is -1.84. The fourth-order valence-corrected chi connectivity index (χ4v) is 2.66. The van der Waals surface area contributed by atoms with Gasteiger partial charge < -0.3 is 10.6 Å². The van der Waals surface area contributed by atoms with Crippen molar-refractivity contribution >= 4 is 17.5 Å². The Morgan fingerprint density at radius 1 is 0.958 bits per heavy atom. The lowest BCUT2D eigenvalue weighted by atomic mass is 10.0. The minimum atomic E-state index is -0.0112. The average molecular weight is 345 g/mol. The summed E-state index contributed by atoms with van der Waals surface area (Å²) in [5.41, 5.74) is 3.53. The zero-order valence-electron chi connectivity index (χ0n) is 14.5. The summed E-state index contributed by atoms with van der Waals surface area (Å²) in [6, 6.07) is 16.1. The third kappa shape index (κ3) is 5.36. The summed E-state index contributed by atoms with van der Waals surface area (Å²) in [5, 5.41) is 6.98. The highest BCUT2D eigenvalue weighted by molar-refractivity contribution is 6.30. The fourth-order valence-electron chi connectivity index (χ4n) is 2.53. The largest absolute Gasteiger partial charge is 0.348 e. The van der Waals surface area contributed by atoms with Crippen LogP contribution in [0.25, 0.3) is 0 Å². The van der Waals surface area contributed by atoms with Crippen LogP contribution in [0.3, 0.4) is 0 Å². The number of hydrogen-bond donors (Lipinski definition) is 2. The van der Waals surface area contributed by atoms with Crippen LogP contribution in [0.4, 0.5) is 0 Å². The first kappa shape index (κ1) is 18.5. The van der Waals surface area contributed by atoms with Crippen molar-refractivity contribution in [1.82, 2.24) is 10.6 Å². The van der Waals surface area contributed by atoms with Crippen LogP contribution in [0, 0.1) is 0 Å². The van der Waals surface area contributed by atoms with Crippen LogP contribution in [0.15, 0.2) is 48.5 Å². The maximum atomic E-state index is 12.1. The number of benzene rings is 2. The number of carbonyl (C=O) groups excluding carboxylic acids is 1. The number of aryl methyl sites for hydroxylation is 1. The first-order valence-corrected chi connectivity index (χ1v) is 8.74. The average Bonchev–Trinajstić information content (AvgIpc) is 2.60. The van der Waals surface area contributed by atoms with Gasteiger partial charge in [-0.05, 0) is 49.1 Å². The van der Waals surface area contributed by atoms with Crippen molar-refractivity contribution in [2.24, 2.45) is 0 Å². The second-order valence-electron chi connectivity index (χ2n) is 6.04. The molecule has 0 unspecified atom stereocenters.